The molecule has 2 atom stereocenters. The molecule has 0 unspecified atom stereocenters. The van der Waals surface area contributed by atoms with E-state index < -0.39 is 0 Å². The molecule has 0 N–H and O–H groups in total. The van der Waals surface area contributed by atoms with Crippen LogP contribution in [0.1, 0.15) is 40.5 Å². The SMILES string of the molecule is CO[C@H](CC[C@@H](C#N)OC(C)C)C(C)C. The third-order valence-electron chi connectivity index (χ3n) is 2.34. The van der Waals surface area contributed by atoms with Crippen molar-refractivity contribution >= 4 is 0 Å². The van der Waals surface area contributed by atoms with Gasteiger partial charge in [-0.15, -0.1) is 0 Å². The van der Waals surface area contributed by atoms with E-state index in [1.807, 2.05) is 13.8 Å². The summed E-state index contributed by atoms with van der Waals surface area (Å²) in [7, 11) is 1.72. The highest BCUT2D eigenvalue weighted by atomic mass is 16.5. The Hall–Kier alpha value is -0.590. The third kappa shape index (κ3) is 6.48. The molecule has 0 amide bonds. The van der Waals surface area contributed by atoms with E-state index in [0.717, 1.165) is 12.8 Å². The van der Waals surface area contributed by atoms with Crippen LogP contribution in [-0.2, 0) is 9.47 Å². The van der Waals surface area contributed by atoms with Gasteiger partial charge in [0.15, 0.2) is 0 Å². The Bertz CT molecular complexity index is 196. The number of hydrogen-bond donors (Lipinski definition) is 0. The molecule has 0 fully saturated rings. The van der Waals surface area contributed by atoms with E-state index in [0.29, 0.717) is 5.92 Å². The predicted octanol–water partition coefficient (Wildman–Crippen LogP) is 2.75. The maximum absolute atomic E-state index is 8.88. The largest absolute Gasteiger partial charge is 0.381 e. The minimum atomic E-state index is -0.304. The molecule has 0 radical (unpaired) electrons. The molecule has 0 spiro atoms. The number of hydrogen-bond acceptors (Lipinski definition) is 3. The van der Waals surface area contributed by atoms with E-state index in [9.17, 15) is 0 Å². The Kier molecular flexibility index (Phi) is 7.37. The van der Waals surface area contributed by atoms with Crippen LogP contribution < -0.4 is 0 Å². The zero-order valence-electron chi connectivity index (χ0n) is 10.5. The molecule has 3 nitrogen and oxygen atoms in total. The number of nitriles is 1. The Labute approximate surface area is 93.4 Å². The lowest BCUT2D eigenvalue weighted by molar-refractivity contribution is 0.0106. The molecule has 0 aromatic rings. The van der Waals surface area contributed by atoms with Gasteiger partial charge < -0.3 is 9.47 Å². The molecule has 0 saturated carbocycles. The Morgan fingerprint density at radius 1 is 1.13 bits per heavy atom. The van der Waals surface area contributed by atoms with Gasteiger partial charge in [-0.05, 0) is 32.6 Å². The van der Waals surface area contributed by atoms with E-state index >= 15 is 0 Å². The summed E-state index contributed by atoms with van der Waals surface area (Å²) in [5.41, 5.74) is 0. The predicted molar refractivity (Wildman–Crippen MR) is 60.5 cm³/mol. The first-order valence-electron chi connectivity index (χ1n) is 5.59. The van der Waals surface area contributed by atoms with Crippen molar-refractivity contribution in [1.82, 2.24) is 0 Å². The lowest BCUT2D eigenvalue weighted by atomic mass is 10.0. The highest BCUT2D eigenvalue weighted by Gasteiger charge is 2.16. The summed E-state index contributed by atoms with van der Waals surface area (Å²) in [6.45, 7) is 8.14. The lowest BCUT2D eigenvalue weighted by Gasteiger charge is -2.21. The van der Waals surface area contributed by atoms with Crippen LogP contribution in [0, 0.1) is 17.2 Å². The van der Waals surface area contributed by atoms with Gasteiger partial charge in [0.2, 0.25) is 0 Å². The van der Waals surface area contributed by atoms with Crippen molar-refractivity contribution in [2.24, 2.45) is 5.92 Å². The fourth-order valence-electron chi connectivity index (χ4n) is 1.53. The monoisotopic (exact) mass is 213 g/mol. The summed E-state index contributed by atoms with van der Waals surface area (Å²) >= 11 is 0. The van der Waals surface area contributed by atoms with Gasteiger partial charge in [0, 0.05) is 7.11 Å². The second-order valence-corrected chi connectivity index (χ2v) is 4.40. The van der Waals surface area contributed by atoms with Crippen LogP contribution in [0.3, 0.4) is 0 Å². The van der Waals surface area contributed by atoms with Gasteiger partial charge in [-0.2, -0.15) is 5.26 Å². The van der Waals surface area contributed by atoms with Gasteiger partial charge in [0.1, 0.15) is 6.10 Å². The normalized spacial score (nSPS) is 15.3. The Balaban J connectivity index is 3.94. The van der Waals surface area contributed by atoms with Gasteiger partial charge in [0.05, 0.1) is 18.3 Å². The Morgan fingerprint density at radius 3 is 2.07 bits per heavy atom. The molecule has 0 saturated heterocycles. The summed E-state index contributed by atoms with van der Waals surface area (Å²) in [6, 6.07) is 2.17. The van der Waals surface area contributed by atoms with E-state index in [1.54, 1.807) is 7.11 Å². The smallest absolute Gasteiger partial charge is 0.144 e. The first kappa shape index (κ1) is 14.4. The minimum absolute atomic E-state index is 0.106. The summed E-state index contributed by atoms with van der Waals surface area (Å²) in [5, 5.41) is 8.88. The van der Waals surface area contributed by atoms with Gasteiger partial charge in [-0.1, -0.05) is 13.8 Å². The fourth-order valence-corrected chi connectivity index (χ4v) is 1.53. The van der Waals surface area contributed by atoms with Crippen LogP contribution in [-0.4, -0.2) is 25.4 Å². The van der Waals surface area contributed by atoms with E-state index in [4.69, 9.17) is 14.7 Å². The van der Waals surface area contributed by atoms with Crippen molar-refractivity contribution in [3.63, 3.8) is 0 Å². The van der Waals surface area contributed by atoms with E-state index in [-0.39, 0.29) is 18.3 Å². The number of methoxy groups -OCH3 is 1. The lowest BCUT2D eigenvalue weighted by Crippen LogP contribution is -2.22. The second-order valence-electron chi connectivity index (χ2n) is 4.40. The molecule has 0 aromatic heterocycles. The fraction of sp³-hybridized carbons (Fsp3) is 0.917. The van der Waals surface area contributed by atoms with E-state index in [1.165, 1.54) is 0 Å². The average molecular weight is 213 g/mol. The zero-order valence-corrected chi connectivity index (χ0v) is 10.5. The highest BCUT2D eigenvalue weighted by Crippen LogP contribution is 2.15. The topological polar surface area (TPSA) is 42.2 Å². The summed E-state index contributed by atoms with van der Waals surface area (Å²) in [6.07, 6.45) is 1.64. The minimum Gasteiger partial charge on any atom is -0.381 e. The van der Waals surface area contributed by atoms with Crippen molar-refractivity contribution in [3.8, 4) is 6.07 Å². The van der Waals surface area contributed by atoms with Crippen LogP contribution in [0.5, 0.6) is 0 Å². The molecule has 0 aliphatic carbocycles. The number of nitrogens with zero attached hydrogens (tertiary/aromatic N) is 1. The molecule has 15 heavy (non-hydrogen) atoms. The van der Waals surface area contributed by atoms with E-state index in [2.05, 4.69) is 19.9 Å². The molecular weight excluding hydrogens is 190 g/mol. The molecule has 0 aromatic carbocycles. The van der Waals surface area contributed by atoms with Crippen molar-refractivity contribution in [2.45, 2.75) is 58.8 Å². The summed E-state index contributed by atoms with van der Waals surface area (Å²) in [4.78, 5) is 0. The Morgan fingerprint density at radius 2 is 1.73 bits per heavy atom. The first-order valence-corrected chi connectivity index (χ1v) is 5.59. The molecule has 0 bridgehead atoms. The highest BCUT2D eigenvalue weighted by molar-refractivity contribution is 4.85. The van der Waals surface area contributed by atoms with Crippen LogP contribution >= 0.6 is 0 Å². The molecule has 3 heteroatoms. The van der Waals surface area contributed by atoms with Gasteiger partial charge in [-0.3, -0.25) is 0 Å². The quantitative estimate of drug-likeness (QED) is 0.653. The van der Waals surface area contributed by atoms with Crippen LogP contribution in [0.25, 0.3) is 0 Å². The van der Waals surface area contributed by atoms with Crippen molar-refractivity contribution < 1.29 is 9.47 Å². The third-order valence-corrected chi connectivity index (χ3v) is 2.34. The van der Waals surface area contributed by atoms with Crippen LogP contribution in [0.4, 0.5) is 0 Å². The van der Waals surface area contributed by atoms with Crippen molar-refractivity contribution in [2.75, 3.05) is 7.11 Å². The standard InChI is InChI=1S/C12H23NO2/c1-9(2)12(14-5)7-6-11(8-13)15-10(3)4/h9-12H,6-7H2,1-5H3/t11-,12+/m0/s1. The molecule has 0 heterocycles. The average Bonchev–Trinajstić information content (AvgIpc) is 2.15. The summed E-state index contributed by atoms with van der Waals surface area (Å²) in [5.74, 6) is 0.480. The van der Waals surface area contributed by atoms with Crippen molar-refractivity contribution in [1.29, 1.82) is 5.26 Å². The van der Waals surface area contributed by atoms with Crippen LogP contribution in [0.15, 0.2) is 0 Å². The first-order chi connectivity index (χ1) is 7.01. The molecule has 0 aliphatic rings. The second kappa shape index (κ2) is 7.67. The zero-order chi connectivity index (χ0) is 11.8. The maximum atomic E-state index is 8.88. The molecule has 0 aliphatic heterocycles. The van der Waals surface area contributed by atoms with Gasteiger partial charge in [0.25, 0.3) is 0 Å². The van der Waals surface area contributed by atoms with Crippen molar-refractivity contribution in [3.05, 3.63) is 0 Å². The molecule has 0 rings (SSSR count). The number of ether oxygens (including phenoxy) is 2. The molecular formula is C12H23NO2. The van der Waals surface area contributed by atoms with Gasteiger partial charge >= 0.3 is 0 Å². The molecule has 88 valence electrons. The summed E-state index contributed by atoms with van der Waals surface area (Å²) < 4.78 is 10.8. The number of rotatable bonds is 7. The van der Waals surface area contributed by atoms with Crippen LogP contribution in [0.2, 0.25) is 0 Å². The maximum Gasteiger partial charge on any atom is 0.144 e. The van der Waals surface area contributed by atoms with Gasteiger partial charge in [-0.25, -0.2) is 0 Å².